The van der Waals surface area contributed by atoms with Gasteiger partial charge in [0.05, 0.1) is 4.90 Å². The third-order valence-corrected chi connectivity index (χ3v) is 6.68. The molecule has 2 saturated heterocycles. The van der Waals surface area contributed by atoms with Crippen LogP contribution in [0.1, 0.15) is 25.7 Å². The van der Waals surface area contributed by atoms with Gasteiger partial charge in [0.1, 0.15) is 12.1 Å². The number of carbonyl (C=O) groups is 3. The largest absolute Gasteiger partial charge is 0.481 e. The zero-order valence-electron chi connectivity index (χ0n) is 14.8. The number of piperidine rings is 1. The van der Waals surface area contributed by atoms with E-state index in [1.807, 2.05) is 0 Å². The Kier molecular flexibility index (Phi) is 5.92. The average molecular weight is 430 g/mol. The second-order valence-electron chi connectivity index (χ2n) is 6.84. The fourth-order valence-corrected chi connectivity index (χ4v) is 4.89. The van der Waals surface area contributed by atoms with Crippen LogP contribution in [-0.2, 0) is 24.4 Å². The molecule has 3 atom stereocenters. The Hall–Kier alpha value is -2.17. The van der Waals surface area contributed by atoms with Crippen LogP contribution in [0.2, 0.25) is 5.02 Å². The molecule has 1 aromatic rings. The van der Waals surface area contributed by atoms with Gasteiger partial charge in [0, 0.05) is 24.0 Å². The van der Waals surface area contributed by atoms with Gasteiger partial charge in [-0.05, 0) is 43.5 Å². The Morgan fingerprint density at radius 1 is 1.29 bits per heavy atom. The van der Waals surface area contributed by atoms with Gasteiger partial charge in [-0.1, -0.05) is 11.6 Å². The van der Waals surface area contributed by atoms with Crippen molar-refractivity contribution in [3.8, 4) is 0 Å². The van der Waals surface area contributed by atoms with E-state index in [0.717, 1.165) is 0 Å². The predicted octanol–water partition coefficient (Wildman–Crippen LogP) is 0.341. The second kappa shape index (κ2) is 8.06. The maximum atomic E-state index is 12.5. The molecule has 0 saturated carbocycles. The van der Waals surface area contributed by atoms with Gasteiger partial charge in [-0.3, -0.25) is 14.4 Å². The summed E-state index contributed by atoms with van der Waals surface area (Å²) >= 11 is 5.78. The Labute approximate surface area is 167 Å². The Morgan fingerprint density at radius 2 is 1.96 bits per heavy atom. The van der Waals surface area contributed by atoms with Crippen LogP contribution in [-0.4, -0.2) is 60.9 Å². The molecule has 0 aliphatic carbocycles. The molecule has 3 unspecified atom stereocenters. The SMILES string of the molecule is O=C(O)CCC1NC(=O)C2CC(NS(=O)(=O)c3ccc(Cl)cc3)CCN2C1=O. The van der Waals surface area contributed by atoms with Crippen molar-refractivity contribution in [2.45, 2.75) is 48.7 Å². The molecule has 2 amide bonds. The van der Waals surface area contributed by atoms with Gasteiger partial charge in [0.2, 0.25) is 21.8 Å². The number of piperazine rings is 1. The number of carboxylic acid groups (broad SMARTS) is 1. The molecular weight excluding hydrogens is 410 g/mol. The molecule has 2 aliphatic heterocycles. The number of fused-ring (bicyclic) bond motifs is 1. The van der Waals surface area contributed by atoms with Crippen LogP contribution in [0.15, 0.2) is 29.2 Å². The molecule has 0 spiro atoms. The fourth-order valence-electron chi connectivity index (χ4n) is 3.48. The first kappa shape index (κ1) is 20.6. The summed E-state index contributed by atoms with van der Waals surface area (Å²) in [5.74, 6) is -1.77. The van der Waals surface area contributed by atoms with Crippen molar-refractivity contribution in [1.82, 2.24) is 14.9 Å². The first-order valence-corrected chi connectivity index (χ1v) is 10.6. The van der Waals surface area contributed by atoms with Crippen molar-refractivity contribution >= 4 is 39.4 Å². The van der Waals surface area contributed by atoms with E-state index in [0.29, 0.717) is 11.4 Å². The third kappa shape index (κ3) is 4.45. The van der Waals surface area contributed by atoms with E-state index in [-0.39, 0.29) is 36.6 Å². The van der Waals surface area contributed by atoms with Crippen LogP contribution in [0.5, 0.6) is 0 Å². The van der Waals surface area contributed by atoms with E-state index in [1.54, 1.807) is 0 Å². The predicted molar refractivity (Wildman–Crippen MR) is 99.1 cm³/mol. The van der Waals surface area contributed by atoms with Gasteiger partial charge in [-0.2, -0.15) is 0 Å². The lowest BCUT2D eigenvalue weighted by Crippen LogP contribution is -2.66. The standard InChI is InChI=1S/C17H20ClN3O6S/c18-10-1-3-12(4-2-10)28(26,27)20-11-7-8-21-14(9-11)16(24)19-13(17(21)25)5-6-15(22)23/h1-4,11,13-14,20H,5-9H2,(H,19,24)(H,22,23). The van der Waals surface area contributed by atoms with Crippen molar-refractivity contribution < 1.29 is 27.9 Å². The smallest absolute Gasteiger partial charge is 0.303 e. The van der Waals surface area contributed by atoms with Gasteiger partial charge >= 0.3 is 5.97 Å². The summed E-state index contributed by atoms with van der Waals surface area (Å²) in [5, 5.41) is 11.7. The normalized spacial score (nSPS) is 25.2. The number of rotatable bonds is 6. The van der Waals surface area contributed by atoms with Crippen LogP contribution in [0.25, 0.3) is 0 Å². The number of halogens is 1. The number of hydrogen-bond acceptors (Lipinski definition) is 5. The van der Waals surface area contributed by atoms with Crippen molar-refractivity contribution in [2.24, 2.45) is 0 Å². The Balaban J connectivity index is 1.66. The number of amides is 2. The minimum Gasteiger partial charge on any atom is -0.481 e. The molecule has 3 rings (SSSR count). The number of sulfonamides is 1. The van der Waals surface area contributed by atoms with Crippen LogP contribution in [0.4, 0.5) is 0 Å². The van der Waals surface area contributed by atoms with Gasteiger partial charge in [0.25, 0.3) is 0 Å². The van der Waals surface area contributed by atoms with Gasteiger partial charge in [0.15, 0.2) is 0 Å². The summed E-state index contributed by atoms with van der Waals surface area (Å²) in [4.78, 5) is 37.1. The first-order chi connectivity index (χ1) is 13.2. The average Bonchev–Trinajstić information content (AvgIpc) is 2.63. The van der Waals surface area contributed by atoms with Crippen molar-refractivity contribution in [2.75, 3.05) is 6.54 Å². The van der Waals surface area contributed by atoms with E-state index in [2.05, 4.69) is 10.0 Å². The monoisotopic (exact) mass is 429 g/mol. The topological polar surface area (TPSA) is 133 Å². The van der Waals surface area contributed by atoms with Gasteiger partial charge in [-0.15, -0.1) is 0 Å². The number of carbonyl (C=O) groups excluding carboxylic acids is 2. The number of nitrogens with zero attached hydrogens (tertiary/aromatic N) is 1. The third-order valence-electron chi connectivity index (χ3n) is 4.90. The number of benzene rings is 1. The molecule has 9 nitrogen and oxygen atoms in total. The summed E-state index contributed by atoms with van der Waals surface area (Å²) in [5.41, 5.74) is 0. The molecule has 1 aromatic carbocycles. The molecule has 2 aliphatic rings. The lowest BCUT2D eigenvalue weighted by molar-refractivity contribution is -0.152. The lowest BCUT2D eigenvalue weighted by atomic mass is 9.92. The molecule has 0 aromatic heterocycles. The zero-order valence-corrected chi connectivity index (χ0v) is 16.4. The van der Waals surface area contributed by atoms with E-state index in [9.17, 15) is 22.8 Å². The highest BCUT2D eigenvalue weighted by Crippen LogP contribution is 2.25. The van der Waals surface area contributed by atoms with E-state index >= 15 is 0 Å². The lowest BCUT2D eigenvalue weighted by Gasteiger charge is -2.44. The molecule has 28 heavy (non-hydrogen) atoms. The van der Waals surface area contributed by atoms with Crippen LogP contribution in [0, 0.1) is 0 Å². The molecule has 2 heterocycles. The number of nitrogens with one attached hydrogen (secondary N) is 2. The molecule has 3 N–H and O–H groups in total. The molecule has 11 heteroatoms. The minimum absolute atomic E-state index is 0.0236. The summed E-state index contributed by atoms with van der Waals surface area (Å²) in [6, 6.07) is 3.60. The highest BCUT2D eigenvalue weighted by atomic mass is 35.5. The van der Waals surface area contributed by atoms with Crippen molar-refractivity contribution in [3.63, 3.8) is 0 Å². The van der Waals surface area contributed by atoms with Crippen LogP contribution < -0.4 is 10.0 Å². The number of hydrogen-bond donors (Lipinski definition) is 3. The molecular formula is C17H20ClN3O6S. The second-order valence-corrected chi connectivity index (χ2v) is 8.99. The summed E-state index contributed by atoms with van der Waals surface area (Å²) in [6.45, 7) is 0.217. The minimum atomic E-state index is -3.78. The van der Waals surface area contributed by atoms with Crippen molar-refractivity contribution in [1.29, 1.82) is 0 Å². The summed E-state index contributed by atoms with van der Waals surface area (Å²) in [6.07, 6.45) is 0.304. The fraction of sp³-hybridized carbons (Fsp3) is 0.471. The zero-order chi connectivity index (χ0) is 20.5. The molecule has 152 valence electrons. The summed E-state index contributed by atoms with van der Waals surface area (Å²) < 4.78 is 27.6. The van der Waals surface area contributed by atoms with E-state index < -0.39 is 40.0 Å². The first-order valence-electron chi connectivity index (χ1n) is 8.78. The maximum absolute atomic E-state index is 12.5. The van der Waals surface area contributed by atoms with Crippen LogP contribution in [0.3, 0.4) is 0 Å². The summed E-state index contributed by atoms with van der Waals surface area (Å²) in [7, 11) is -3.78. The number of aliphatic carboxylic acids is 1. The Bertz CT molecular complexity index is 889. The van der Waals surface area contributed by atoms with E-state index in [4.69, 9.17) is 16.7 Å². The number of carboxylic acids is 1. The van der Waals surface area contributed by atoms with Crippen LogP contribution >= 0.6 is 11.6 Å². The quantitative estimate of drug-likeness (QED) is 0.597. The molecule has 0 radical (unpaired) electrons. The molecule has 0 bridgehead atoms. The van der Waals surface area contributed by atoms with Crippen molar-refractivity contribution in [3.05, 3.63) is 29.3 Å². The molecule has 2 fully saturated rings. The Morgan fingerprint density at radius 3 is 2.61 bits per heavy atom. The van der Waals surface area contributed by atoms with Gasteiger partial charge < -0.3 is 15.3 Å². The maximum Gasteiger partial charge on any atom is 0.303 e. The van der Waals surface area contributed by atoms with E-state index in [1.165, 1.54) is 29.2 Å². The highest BCUT2D eigenvalue weighted by molar-refractivity contribution is 7.89. The van der Waals surface area contributed by atoms with Gasteiger partial charge in [-0.25, -0.2) is 13.1 Å². The highest BCUT2D eigenvalue weighted by Gasteiger charge is 2.44.